The van der Waals surface area contributed by atoms with Crippen LogP contribution in [0.4, 0.5) is 0 Å². The first-order valence-electron chi connectivity index (χ1n) is 5.77. The van der Waals surface area contributed by atoms with Crippen molar-refractivity contribution in [2.45, 2.75) is 25.3 Å². The van der Waals surface area contributed by atoms with Gasteiger partial charge in [-0.25, -0.2) is 0 Å². The van der Waals surface area contributed by atoms with Gasteiger partial charge in [0.15, 0.2) is 0 Å². The van der Waals surface area contributed by atoms with E-state index in [0.29, 0.717) is 6.04 Å². The number of piperidine rings is 1. The van der Waals surface area contributed by atoms with Crippen LogP contribution in [0.25, 0.3) is 0 Å². The Bertz CT molecular complexity index is 163. The minimum atomic E-state index is 0.647. The summed E-state index contributed by atoms with van der Waals surface area (Å²) in [6, 6.07) is 2.29. The maximum absolute atomic E-state index is 3.49. The summed E-state index contributed by atoms with van der Waals surface area (Å²) in [6.45, 7) is 4.71. The molecule has 1 radical (unpaired) electrons. The molecule has 2 aliphatic heterocycles. The van der Waals surface area contributed by atoms with Gasteiger partial charge in [0.25, 0.3) is 0 Å². The van der Waals surface area contributed by atoms with Crippen molar-refractivity contribution in [3.05, 3.63) is 6.04 Å². The molecule has 2 rings (SSSR count). The second-order valence-electron chi connectivity index (χ2n) is 4.57. The summed E-state index contributed by atoms with van der Waals surface area (Å²) in [5.41, 5.74) is 0. The molecule has 0 bridgehead atoms. The molecule has 0 saturated carbocycles. The van der Waals surface area contributed by atoms with Crippen LogP contribution in [0.3, 0.4) is 0 Å². The number of nitrogens with one attached hydrogen (secondary N) is 1. The van der Waals surface area contributed by atoms with E-state index in [0.717, 1.165) is 13.1 Å². The molecule has 14 heavy (non-hydrogen) atoms. The van der Waals surface area contributed by atoms with Crippen LogP contribution in [0.15, 0.2) is 0 Å². The second-order valence-corrected chi connectivity index (χ2v) is 4.57. The standard InChI is InChI=1S/C11H22N3/c1-13-7-4-3-5-10(13)11-9-12-6-8-14(11)2/h11-12H,3-9H2,1-2H3. The van der Waals surface area contributed by atoms with Gasteiger partial charge in [-0.1, -0.05) is 6.42 Å². The lowest BCUT2D eigenvalue weighted by atomic mass is 9.94. The van der Waals surface area contributed by atoms with E-state index in [2.05, 4.69) is 29.2 Å². The van der Waals surface area contributed by atoms with Gasteiger partial charge in [-0.3, -0.25) is 9.80 Å². The first kappa shape index (κ1) is 10.4. The maximum atomic E-state index is 3.49. The lowest BCUT2D eigenvalue weighted by Gasteiger charge is -2.43. The topological polar surface area (TPSA) is 18.5 Å². The zero-order valence-corrected chi connectivity index (χ0v) is 9.42. The first-order valence-corrected chi connectivity index (χ1v) is 5.77. The molecule has 0 amide bonds. The van der Waals surface area contributed by atoms with Gasteiger partial charge >= 0.3 is 0 Å². The average molecular weight is 196 g/mol. The Morgan fingerprint density at radius 3 is 2.79 bits per heavy atom. The van der Waals surface area contributed by atoms with Crippen molar-refractivity contribution in [2.24, 2.45) is 0 Å². The monoisotopic (exact) mass is 196 g/mol. The predicted octanol–water partition coefficient (Wildman–Crippen LogP) is 0.538. The molecular formula is C11H22N3. The summed E-state index contributed by atoms with van der Waals surface area (Å²) in [4.78, 5) is 4.96. The van der Waals surface area contributed by atoms with Gasteiger partial charge in [0.1, 0.15) is 0 Å². The summed E-state index contributed by atoms with van der Waals surface area (Å²) in [5, 5.41) is 3.49. The quantitative estimate of drug-likeness (QED) is 0.660. The number of hydrogen-bond donors (Lipinski definition) is 1. The molecule has 3 nitrogen and oxygen atoms in total. The maximum Gasteiger partial charge on any atom is 0.0574 e. The zero-order chi connectivity index (χ0) is 9.97. The Balaban J connectivity index is 1.96. The highest BCUT2D eigenvalue weighted by molar-refractivity contribution is 5.04. The molecule has 0 spiro atoms. The van der Waals surface area contributed by atoms with E-state index in [4.69, 9.17) is 0 Å². The molecule has 81 valence electrons. The molecule has 0 aromatic carbocycles. The van der Waals surface area contributed by atoms with Crippen LogP contribution in [0, 0.1) is 6.04 Å². The SMILES string of the molecule is CN1CCCC[C]1C1CNCCN1C. The van der Waals surface area contributed by atoms with E-state index in [9.17, 15) is 0 Å². The molecule has 2 fully saturated rings. The fraction of sp³-hybridized carbons (Fsp3) is 0.909. The Hall–Kier alpha value is -0.120. The van der Waals surface area contributed by atoms with E-state index in [1.54, 1.807) is 6.04 Å². The van der Waals surface area contributed by atoms with Crippen molar-refractivity contribution in [1.29, 1.82) is 0 Å². The van der Waals surface area contributed by atoms with Crippen LogP contribution in [0.5, 0.6) is 0 Å². The summed E-state index contributed by atoms with van der Waals surface area (Å²) in [6.07, 6.45) is 4.04. The number of rotatable bonds is 1. The molecule has 0 aromatic rings. The van der Waals surface area contributed by atoms with Crippen molar-refractivity contribution < 1.29 is 0 Å². The van der Waals surface area contributed by atoms with Gasteiger partial charge in [-0.15, -0.1) is 0 Å². The van der Waals surface area contributed by atoms with Crippen molar-refractivity contribution in [3.8, 4) is 0 Å². The molecule has 2 heterocycles. The highest BCUT2D eigenvalue weighted by Gasteiger charge is 2.32. The molecule has 1 unspecified atom stereocenters. The van der Waals surface area contributed by atoms with Crippen molar-refractivity contribution in [1.82, 2.24) is 15.1 Å². The molecule has 2 aliphatic rings. The number of nitrogens with zero attached hydrogens (tertiary/aromatic N) is 2. The normalized spacial score (nSPS) is 33.4. The fourth-order valence-corrected chi connectivity index (χ4v) is 2.59. The summed E-state index contributed by atoms with van der Waals surface area (Å²) >= 11 is 0. The molecule has 0 aromatic heterocycles. The van der Waals surface area contributed by atoms with Crippen LogP contribution in [0.1, 0.15) is 19.3 Å². The molecule has 0 aliphatic carbocycles. The van der Waals surface area contributed by atoms with Crippen molar-refractivity contribution in [2.75, 3.05) is 40.3 Å². The summed E-state index contributed by atoms with van der Waals surface area (Å²) in [5.74, 6) is 0. The molecule has 1 atom stereocenters. The highest BCUT2D eigenvalue weighted by Crippen LogP contribution is 2.27. The van der Waals surface area contributed by atoms with Crippen LogP contribution in [-0.4, -0.2) is 56.1 Å². The Kier molecular flexibility index (Phi) is 3.42. The van der Waals surface area contributed by atoms with Gasteiger partial charge in [0, 0.05) is 25.7 Å². The third-order valence-corrected chi connectivity index (χ3v) is 3.56. The number of likely N-dealkylation sites (tertiary alicyclic amines) is 1. The van der Waals surface area contributed by atoms with Gasteiger partial charge in [0.05, 0.1) is 6.04 Å². The van der Waals surface area contributed by atoms with Crippen LogP contribution in [-0.2, 0) is 0 Å². The second kappa shape index (κ2) is 4.60. The number of hydrogen-bond acceptors (Lipinski definition) is 3. The van der Waals surface area contributed by atoms with Gasteiger partial charge in [-0.2, -0.15) is 0 Å². The van der Waals surface area contributed by atoms with Gasteiger partial charge < -0.3 is 5.32 Å². The lowest BCUT2D eigenvalue weighted by molar-refractivity contribution is 0.133. The smallest absolute Gasteiger partial charge is 0.0574 e. The Morgan fingerprint density at radius 2 is 2.07 bits per heavy atom. The van der Waals surface area contributed by atoms with E-state index >= 15 is 0 Å². The van der Waals surface area contributed by atoms with Crippen LogP contribution >= 0.6 is 0 Å². The fourth-order valence-electron chi connectivity index (χ4n) is 2.59. The van der Waals surface area contributed by atoms with E-state index in [1.165, 1.54) is 32.4 Å². The minimum Gasteiger partial charge on any atom is -0.314 e. The molecule has 2 saturated heterocycles. The predicted molar refractivity (Wildman–Crippen MR) is 59.0 cm³/mol. The third kappa shape index (κ3) is 2.10. The Labute approximate surface area is 87.4 Å². The van der Waals surface area contributed by atoms with Crippen molar-refractivity contribution in [3.63, 3.8) is 0 Å². The third-order valence-electron chi connectivity index (χ3n) is 3.56. The van der Waals surface area contributed by atoms with Crippen molar-refractivity contribution >= 4 is 0 Å². The molecule has 3 heteroatoms. The van der Waals surface area contributed by atoms with Crippen LogP contribution in [0.2, 0.25) is 0 Å². The first-order chi connectivity index (χ1) is 6.79. The van der Waals surface area contributed by atoms with Gasteiger partial charge in [0.2, 0.25) is 0 Å². The molecular weight excluding hydrogens is 174 g/mol. The Morgan fingerprint density at radius 1 is 1.21 bits per heavy atom. The van der Waals surface area contributed by atoms with E-state index < -0.39 is 0 Å². The minimum absolute atomic E-state index is 0.647. The number of piperazine rings is 1. The summed E-state index contributed by atoms with van der Waals surface area (Å²) in [7, 11) is 4.50. The average Bonchev–Trinajstić information content (AvgIpc) is 2.20. The zero-order valence-electron chi connectivity index (χ0n) is 9.42. The van der Waals surface area contributed by atoms with Gasteiger partial charge in [-0.05, 0) is 33.5 Å². The lowest BCUT2D eigenvalue weighted by Crippen LogP contribution is -2.55. The summed E-state index contributed by atoms with van der Waals surface area (Å²) < 4.78 is 0. The van der Waals surface area contributed by atoms with E-state index in [-0.39, 0.29) is 0 Å². The highest BCUT2D eigenvalue weighted by atomic mass is 15.3. The van der Waals surface area contributed by atoms with E-state index in [1.807, 2.05) is 0 Å². The largest absolute Gasteiger partial charge is 0.314 e. The van der Waals surface area contributed by atoms with Crippen LogP contribution < -0.4 is 5.32 Å². The number of likely N-dealkylation sites (N-methyl/N-ethyl adjacent to an activating group) is 2. The molecule has 1 N–H and O–H groups in total.